The van der Waals surface area contributed by atoms with Crippen molar-refractivity contribution in [3.05, 3.63) is 46.1 Å². The molecule has 3 N–H and O–H groups in total. The number of aromatic amines is 1. The molecule has 5 nitrogen and oxygen atoms in total. The number of hydrogen-bond acceptors (Lipinski definition) is 3. The molecule has 0 aliphatic carbocycles. The van der Waals surface area contributed by atoms with Gasteiger partial charge in [-0.05, 0) is 31.5 Å². The van der Waals surface area contributed by atoms with Crippen LogP contribution in [0.3, 0.4) is 0 Å². The lowest BCUT2D eigenvalue weighted by atomic mass is 10.2. The third-order valence-electron chi connectivity index (χ3n) is 2.63. The highest BCUT2D eigenvalue weighted by atomic mass is 16.1. The molecule has 5 heteroatoms. The van der Waals surface area contributed by atoms with Gasteiger partial charge < -0.3 is 5.73 Å². The van der Waals surface area contributed by atoms with Crippen molar-refractivity contribution in [2.45, 2.75) is 19.8 Å². The van der Waals surface area contributed by atoms with E-state index in [0.717, 1.165) is 17.7 Å². The van der Waals surface area contributed by atoms with Crippen LogP contribution in [0.15, 0.2) is 29.1 Å². The maximum absolute atomic E-state index is 11.8. The summed E-state index contributed by atoms with van der Waals surface area (Å²) >= 11 is 0. The van der Waals surface area contributed by atoms with Crippen LogP contribution >= 0.6 is 0 Å². The smallest absolute Gasteiger partial charge is 0.330 e. The van der Waals surface area contributed by atoms with Crippen molar-refractivity contribution in [2.75, 3.05) is 6.54 Å². The van der Waals surface area contributed by atoms with Gasteiger partial charge >= 0.3 is 5.69 Å². The molecule has 90 valence electrons. The molecule has 0 bridgehead atoms. The Morgan fingerprint density at radius 3 is 2.88 bits per heavy atom. The minimum absolute atomic E-state index is 0.202. The molecule has 1 heterocycles. The topological polar surface area (TPSA) is 76.7 Å². The van der Waals surface area contributed by atoms with Gasteiger partial charge in [0.15, 0.2) is 0 Å². The molecule has 0 aliphatic heterocycles. The Morgan fingerprint density at radius 2 is 2.18 bits per heavy atom. The van der Waals surface area contributed by atoms with Gasteiger partial charge in [-0.2, -0.15) is 9.78 Å². The fourth-order valence-corrected chi connectivity index (χ4v) is 1.71. The molecule has 0 unspecified atom stereocenters. The number of para-hydroxylation sites is 1. The minimum atomic E-state index is -0.202. The van der Waals surface area contributed by atoms with Crippen molar-refractivity contribution < 1.29 is 0 Å². The molecule has 2 rings (SSSR count). The maximum Gasteiger partial charge on any atom is 0.348 e. The van der Waals surface area contributed by atoms with Crippen LogP contribution in [0.1, 0.15) is 17.8 Å². The van der Waals surface area contributed by atoms with E-state index >= 15 is 0 Å². The van der Waals surface area contributed by atoms with Crippen molar-refractivity contribution in [1.82, 2.24) is 14.8 Å². The third-order valence-corrected chi connectivity index (χ3v) is 2.63. The fraction of sp³-hybridized carbons (Fsp3) is 0.333. The lowest BCUT2D eigenvalue weighted by Crippen LogP contribution is -2.16. The highest BCUT2D eigenvalue weighted by molar-refractivity contribution is 5.38. The Kier molecular flexibility index (Phi) is 3.39. The molecule has 0 saturated heterocycles. The van der Waals surface area contributed by atoms with Gasteiger partial charge in [0, 0.05) is 6.42 Å². The second-order valence-corrected chi connectivity index (χ2v) is 3.97. The van der Waals surface area contributed by atoms with Gasteiger partial charge in [-0.15, -0.1) is 0 Å². The van der Waals surface area contributed by atoms with Gasteiger partial charge in [0.25, 0.3) is 0 Å². The van der Waals surface area contributed by atoms with Gasteiger partial charge in [-0.3, -0.25) is 4.98 Å². The summed E-state index contributed by atoms with van der Waals surface area (Å²) in [5.74, 6) is 0.684. The number of benzene rings is 1. The Bertz CT molecular complexity index is 556. The Balaban J connectivity index is 2.37. The molecule has 17 heavy (non-hydrogen) atoms. The molecule has 0 atom stereocenters. The summed E-state index contributed by atoms with van der Waals surface area (Å²) in [5.41, 5.74) is 7.06. The number of rotatable bonds is 4. The van der Waals surface area contributed by atoms with Crippen LogP contribution in [-0.4, -0.2) is 21.3 Å². The third kappa shape index (κ3) is 2.45. The van der Waals surface area contributed by atoms with E-state index in [1.807, 2.05) is 31.2 Å². The number of hydrogen-bond donors (Lipinski definition) is 2. The summed E-state index contributed by atoms with van der Waals surface area (Å²) in [4.78, 5) is 14.5. The zero-order valence-electron chi connectivity index (χ0n) is 9.81. The van der Waals surface area contributed by atoms with E-state index in [1.165, 1.54) is 4.68 Å². The van der Waals surface area contributed by atoms with Gasteiger partial charge in [-0.1, -0.05) is 18.2 Å². The Morgan fingerprint density at radius 1 is 1.41 bits per heavy atom. The van der Waals surface area contributed by atoms with E-state index in [-0.39, 0.29) is 5.69 Å². The fourth-order valence-electron chi connectivity index (χ4n) is 1.71. The van der Waals surface area contributed by atoms with Crippen molar-refractivity contribution in [1.29, 1.82) is 0 Å². The van der Waals surface area contributed by atoms with Crippen LogP contribution < -0.4 is 11.4 Å². The normalized spacial score (nSPS) is 10.7. The first kappa shape index (κ1) is 11.6. The summed E-state index contributed by atoms with van der Waals surface area (Å²) in [7, 11) is 0. The van der Waals surface area contributed by atoms with E-state index in [1.54, 1.807) is 0 Å². The molecule has 1 aromatic carbocycles. The Hall–Kier alpha value is -1.88. The number of nitrogens with zero attached hydrogens (tertiary/aromatic N) is 2. The maximum atomic E-state index is 11.8. The van der Waals surface area contributed by atoms with Crippen LogP contribution in [0.5, 0.6) is 0 Å². The number of H-pyrrole nitrogens is 1. The zero-order valence-corrected chi connectivity index (χ0v) is 9.81. The predicted molar refractivity (Wildman–Crippen MR) is 66.3 cm³/mol. The average Bonchev–Trinajstić information content (AvgIpc) is 2.68. The first-order valence-electron chi connectivity index (χ1n) is 5.66. The second-order valence-electron chi connectivity index (χ2n) is 3.97. The van der Waals surface area contributed by atoms with Crippen LogP contribution in [0, 0.1) is 6.92 Å². The second kappa shape index (κ2) is 4.97. The molecule has 0 fully saturated rings. The van der Waals surface area contributed by atoms with E-state index in [4.69, 9.17) is 5.73 Å². The van der Waals surface area contributed by atoms with Crippen molar-refractivity contribution in [2.24, 2.45) is 5.73 Å². The summed E-state index contributed by atoms with van der Waals surface area (Å²) in [5, 5.41) is 4.27. The summed E-state index contributed by atoms with van der Waals surface area (Å²) < 4.78 is 1.40. The molecular weight excluding hydrogens is 216 g/mol. The first-order valence-corrected chi connectivity index (χ1v) is 5.66. The molecule has 0 spiro atoms. The lowest BCUT2D eigenvalue weighted by Gasteiger charge is -2.02. The summed E-state index contributed by atoms with van der Waals surface area (Å²) in [6.07, 6.45) is 1.52. The number of nitrogens with two attached hydrogens (primary N) is 1. The van der Waals surface area contributed by atoms with Crippen molar-refractivity contribution in [3.8, 4) is 5.69 Å². The van der Waals surface area contributed by atoms with Crippen molar-refractivity contribution in [3.63, 3.8) is 0 Å². The zero-order chi connectivity index (χ0) is 12.3. The number of nitrogens with one attached hydrogen (secondary N) is 1. The van der Waals surface area contributed by atoms with Crippen LogP contribution in [-0.2, 0) is 6.42 Å². The quantitative estimate of drug-likeness (QED) is 0.817. The van der Waals surface area contributed by atoms with E-state index in [9.17, 15) is 4.79 Å². The van der Waals surface area contributed by atoms with E-state index < -0.39 is 0 Å². The first-order chi connectivity index (χ1) is 8.22. The highest BCUT2D eigenvalue weighted by Gasteiger charge is 2.08. The van der Waals surface area contributed by atoms with Crippen LogP contribution in [0.4, 0.5) is 0 Å². The Labute approximate surface area is 99.3 Å². The van der Waals surface area contributed by atoms with Crippen LogP contribution in [0.25, 0.3) is 5.69 Å². The van der Waals surface area contributed by atoms with Gasteiger partial charge in [0.05, 0.1) is 5.69 Å². The highest BCUT2D eigenvalue weighted by Crippen LogP contribution is 2.09. The summed E-state index contributed by atoms with van der Waals surface area (Å²) in [6.45, 7) is 2.55. The molecular formula is C12H16N4O. The lowest BCUT2D eigenvalue weighted by molar-refractivity contribution is 0.760. The molecule has 0 saturated carbocycles. The molecule has 0 amide bonds. The molecule has 0 aliphatic rings. The van der Waals surface area contributed by atoms with Gasteiger partial charge in [-0.25, -0.2) is 4.79 Å². The number of aryl methyl sites for hydroxylation is 2. The predicted octanol–water partition coefficient (Wildman–Crippen LogP) is 0.760. The monoisotopic (exact) mass is 232 g/mol. The standard InChI is InChI=1S/C12H16N4O/c1-9-5-2-3-6-10(9)16-12(17)14-11(15-16)7-4-8-13/h2-3,5-6H,4,7-8,13H2,1H3,(H,14,15,17). The molecule has 1 aromatic heterocycles. The van der Waals surface area contributed by atoms with E-state index in [2.05, 4.69) is 10.1 Å². The van der Waals surface area contributed by atoms with Gasteiger partial charge in [0.1, 0.15) is 5.82 Å². The minimum Gasteiger partial charge on any atom is -0.330 e. The summed E-state index contributed by atoms with van der Waals surface area (Å²) in [6, 6.07) is 7.66. The van der Waals surface area contributed by atoms with E-state index in [0.29, 0.717) is 18.8 Å². The van der Waals surface area contributed by atoms with Crippen LogP contribution in [0.2, 0.25) is 0 Å². The average molecular weight is 232 g/mol. The molecule has 0 radical (unpaired) electrons. The van der Waals surface area contributed by atoms with Gasteiger partial charge in [0.2, 0.25) is 0 Å². The van der Waals surface area contributed by atoms with Crippen molar-refractivity contribution >= 4 is 0 Å². The molecule has 2 aromatic rings. The number of aromatic nitrogens is 3. The SMILES string of the molecule is Cc1ccccc1-n1nc(CCCN)[nH]c1=O. The largest absolute Gasteiger partial charge is 0.348 e.